The molecule has 0 spiro atoms. The Morgan fingerprint density at radius 1 is 1.09 bits per heavy atom. The van der Waals surface area contributed by atoms with Crippen LogP contribution in [0.15, 0.2) is 0 Å². The van der Waals surface area contributed by atoms with E-state index in [4.69, 9.17) is 28.4 Å². The third kappa shape index (κ3) is 3.56. The van der Waals surface area contributed by atoms with Crippen LogP contribution in [0.2, 0.25) is 0 Å². The summed E-state index contributed by atoms with van der Waals surface area (Å²) in [7, 11) is 2.81. The normalized spacial score (nSPS) is 44.4. The summed E-state index contributed by atoms with van der Waals surface area (Å²) in [6.07, 6.45) is -2.20. The molecule has 1 amide bonds. The second-order valence-corrected chi connectivity index (χ2v) is 10.3. The van der Waals surface area contributed by atoms with Gasteiger partial charge in [0.05, 0.1) is 38.8 Å². The van der Waals surface area contributed by atoms with E-state index in [1.54, 1.807) is 4.90 Å². The van der Waals surface area contributed by atoms with E-state index in [0.717, 1.165) is 0 Å². The van der Waals surface area contributed by atoms with Crippen LogP contribution >= 0.6 is 0 Å². The number of methoxy groups -OCH3 is 2. The molecule has 32 heavy (non-hydrogen) atoms. The first-order chi connectivity index (χ1) is 14.9. The van der Waals surface area contributed by atoms with E-state index in [1.807, 2.05) is 34.6 Å². The number of amides is 1. The first-order valence-electron chi connectivity index (χ1n) is 11.1. The highest BCUT2D eigenvalue weighted by Gasteiger charge is 2.72. The third-order valence-electron chi connectivity index (χ3n) is 7.45. The zero-order valence-corrected chi connectivity index (χ0v) is 19.8. The molecule has 0 aromatic heterocycles. The van der Waals surface area contributed by atoms with Crippen LogP contribution in [0.25, 0.3) is 0 Å². The third-order valence-corrected chi connectivity index (χ3v) is 7.45. The number of aliphatic hydroxyl groups excluding tert-OH is 1. The minimum Gasteiger partial charge on any atom is -0.469 e. The van der Waals surface area contributed by atoms with Crippen molar-refractivity contribution in [1.82, 2.24) is 4.90 Å². The van der Waals surface area contributed by atoms with Crippen molar-refractivity contribution < 1.29 is 43.1 Å². The predicted molar refractivity (Wildman–Crippen MR) is 109 cm³/mol. The summed E-state index contributed by atoms with van der Waals surface area (Å²) in [6, 6.07) is -0.927. The topological polar surface area (TPSA) is 113 Å². The van der Waals surface area contributed by atoms with Crippen LogP contribution in [0, 0.1) is 11.3 Å². The van der Waals surface area contributed by atoms with Gasteiger partial charge in [0.1, 0.15) is 18.3 Å². The lowest BCUT2D eigenvalue weighted by Gasteiger charge is -2.49. The van der Waals surface area contributed by atoms with Crippen LogP contribution in [0.4, 0.5) is 0 Å². The second-order valence-electron chi connectivity index (χ2n) is 10.3. The first-order valence-corrected chi connectivity index (χ1v) is 11.1. The first kappa shape index (κ1) is 23.8. The number of ether oxygens (including phenoxy) is 6. The van der Waals surface area contributed by atoms with Gasteiger partial charge in [-0.1, -0.05) is 6.92 Å². The molecule has 4 rings (SSSR count). The highest BCUT2D eigenvalue weighted by molar-refractivity contribution is 5.90. The van der Waals surface area contributed by atoms with Gasteiger partial charge in [0.15, 0.2) is 17.7 Å². The number of esters is 1. The average Bonchev–Trinajstić information content (AvgIpc) is 3.31. The Balaban J connectivity index is 1.74. The molecule has 0 saturated carbocycles. The van der Waals surface area contributed by atoms with Crippen LogP contribution in [-0.4, -0.2) is 97.4 Å². The highest BCUT2D eigenvalue weighted by Crippen LogP contribution is 2.56. The molecule has 4 aliphatic rings. The fourth-order valence-electron chi connectivity index (χ4n) is 5.97. The molecule has 0 aliphatic carbocycles. The van der Waals surface area contributed by atoms with E-state index in [2.05, 4.69) is 0 Å². The Hall–Kier alpha value is -1.30. The molecule has 182 valence electrons. The van der Waals surface area contributed by atoms with Gasteiger partial charge in [-0.05, 0) is 27.7 Å². The molecule has 4 heterocycles. The van der Waals surface area contributed by atoms with Gasteiger partial charge in [-0.15, -0.1) is 0 Å². The molecule has 4 aliphatic heterocycles. The Labute approximate surface area is 188 Å². The van der Waals surface area contributed by atoms with Crippen molar-refractivity contribution in [2.45, 2.75) is 89.1 Å². The summed E-state index contributed by atoms with van der Waals surface area (Å²) in [5, 5.41) is 10.4. The lowest BCUT2D eigenvalue weighted by atomic mass is 9.68. The predicted octanol–water partition coefficient (Wildman–Crippen LogP) is 0.444. The number of β-lactam (4-membered cyclic amide) rings is 1. The van der Waals surface area contributed by atoms with Crippen molar-refractivity contribution in [2.75, 3.05) is 27.4 Å². The Morgan fingerprint density at radius 2 is 1.75 bits per heavy atom. The summed E-state index contributed by atoms with van der Waals surface area (Å²) in [4.78, 5) is 27.2. The van der Waals surface area contributed by atoms with Crippen LogP contribution < -0.4 is 0 Å². The van der Waals surface area contributed by atoms with Crippen LogP contribution in [0.1, 0.15) is 41.0 Å². The van der Waals surface area contributed by atoms with Crippen molar-refractivity contribution >= 4 is 11.9 Å². The van der Waals surface area contributed by atoms with Crippen molar-refractivity contribution in [3.05, 3.63) is 0 Å². The fourth-order valence-corrected chi connectivity index (χ4v) is 5.97. The van der Waals surface area contributed by atoms with E-state index in [9.17, 15) is 14.7 Å². The lowest BCUT2D eigenvalue weighted by Crippen LogP contribution is -2.70. The second kappa shape index (κ2) is 7.89. The van der Waals surface area contributed by atoms with Gasteiger partial charge in [-0.3, -0.25) is 9.59 Å². The number of carbonyl (C=O) groups is 2. The van der Waals surface area contributed by atoms with Gasteiger partial charge in [-0.2, -0.15) is 0 Å². The molecule has 10 nitrogen and oxygen atoms in total. The van der Waals surface area contributed by atoms with Crippen molar-refractivity contribution in [2.24, 2.45) is 11.3 Å². The molecule has 0 unspecified atom stereocenters. The van der Waals surface area contributed by atoms with Gasteiger partial charge < -0.3 is 38.4 Å². The Kier molecular flexibility index (Phi) is 5.88. The standard InChI is InChI=1S/C22H35NO9/c1-20(2)29-9-12(30-20)15-16(32-21(3,4)31-15)14-11(8-13(25)27-6)22(5,10-24)18-17(28-7)19(26)23(14)18/h11-12,14-18,24H,8-10H2,1-7H3/t11-,12+,14-,15+,16+,17-,18+,22-/m0/s1. The number of rotatable bonds is 6. The smallest absolute Gasteiger partial charge is 0.305 e. The van der Waals surface area contributed by atoms with Gasteiger partial charge in [0.2, 0.25) is 0 Å². The average molecular weight is 458 g/mol. The maximum Gasteiger partial charge on any atom is 0.305 e. The van der Waals surface area contributed by atoms with E-state index in [1.165, 1.54) is 14.2 Å². The number of carbonyl (C=O) groups excluding carboxylic acids is 2. The molecular formula is C22H35NO9. The number of hydrogen-bond acceptors (Lipinski definition) is 9. The molecule has 4 saturated heterocycles. The monoisotopic (exact) mass is 457 g/mol. The zero-order chi connectivity index (χ0) is 23.6. The molecule has 0 aromatic rings. The van der Waals surface area contributed by atoms with Gasteiger partial charge in [0, 0.05) is 18.4 Å². The quantitative estimate of drug-likeness (QED) is 0.448. The largest absolute Gasteiger partial charge is 0.469 e. The van der Waals surface area contributed by atoms with Crippen LogP contribution in [-0.2, 0) is 38.0 Å². The van der Waals surface area contributed by atoms with E-state index < -0.39 is 65.4 Å². The number of fused-ring (bicyclic) bond motifs is 1. The lowest BCUT2D eigenvalue weighted by molar-refractivity contribution is -0.184. The Morgan fingerprint density at radius 3 is 2.28 bits per heavy atom. The van der Waals surface area contributed by atoms with Crippen molar-refractivity contribution in [3.63, 3.8) is 0 Å². The Bertz CT molecular complexity index is 771. The van der Waals surface area contributed by atoms with Crippen LogP contribution in [0.3, 0.4) is 0 Å². The van der Waals surface area contributed by atoms with E-state index >= 15 is 0 Å². The minimum atomic E-state index is -0.927. The summed E-state index contributed by atoms with van der Waals surface area (Å²) in [5.41, 5.74) is -0.791. The van der Waals surface area contributed by atoms with E-state index in [-0.39, 0.29) is 18.9 Å². The molecular weight excluding hydrogens is 422 g/mol. The maximum absolute atomic E-state index is 13.1. The summed E-state index contributed by atoms with van der Waals surface area (Å²) in [6.45, 7) is 9.26. The molecule has 4 fully saturated rings. The summed E-state index contributed by atoms with van der Waals surface area (Å²) >= 11 is 0. The van der Waals surface area contributed by atoms with Gasteiger partial charge in [-0.25, -0.2) is 0 Å². The van der Waals surface area contributed by atoms with Crippen LogP contribution in [0.5, 0.6) is 0 Å². The van der Waals surface area contributed by atoms with Gasteiger partial charge in [0.25, 0.3) is 5.91 Å². The number of hydrogen-bond donors (Lipinski definition) is 1. The van der Waals surface area contributed by atoms with E-state index in [0.29, 0.717) is 6.61 Å². The van der Waals surface area contributed by atoms with Crippen molar-refractivity contribution in [1.29, 1.82) is 0 Å². The zero-order valence-electron chi connectivity index (χ0n) is 19.8. The molecule has 1 N–H and O–H groups in total. The van der Waals surface area contributed by atoms with Crippen molar-refractivity contribution in [3.8, 4) is 0 Å². The molecule has 0 bridgehead atoms. The minimum absolute atomic E-state index is 0.0233. The molecule has 0 aromatic carbocycles. The number of aliphatic hydroxyl groups is 1. The summed E-state index contributed by atoms with van der Waals surface area (Å²) < 4.78 is 34.9. The number of nitrogens with zero attached hydrogens (tertiary/aromatic N) is 1. The SMILES string of the molecule is COC(=O)C[C@H]1[C@@H]([C@H]2OC(C)(C)O[C@@H]2[C@H]2COC(C)(C)O2)N2C(=O)[C@@H](OC)[C@@H]2[C@@]1(C)CO. The highest BCUT2D eigenvalue weighted by atomic mass is 16.8. The fraction of sp³-hybridized carbons (Fsp3) is 0.909. The molecule has 8 atom stereocenters. The van der Waals surface area contributed by atoms with Gasteiger partial charge >= 0.3 is 5.97 Å². The molecule has 0 radical (unpaired) electrons. The molecule has 10 heteroatoms. The maximum atomic E-state index is 13.1. The summed E-state index contributed by atoms with van der Waals surface area (Å²) in [5.74, 6) is -2.73.